The Morgan fingerprint density at radius 3 is 2.94 bits per heavy atom. The molecule has 1 aromatic rings. The van der Waals surface area contributed by atoms with Crippen molar-refractivity contribution in [3.05, 3.63) is 26.7 Å². The van der Waals surface area contributed by atoms with E-state index < -0.39 is 21.9 Å². The summed E-state index contributed by atoms with van der Waals surface area (Å²) in [4.78, 5) is 21.3. The van der Waals surface area contributed by atoms with Crippen LogP contribution in [0.3, 0.4) is 0 Å². The average molecular weight is 242 g/mol. The van der Waals surface area contributed by atoms with E-state index in [2.05, 4.69) is 5.10 Å². The topological polar surface area (TPSA) is 113 Å². The van der Waals surface area contributed by atoms with Crippen LogP contribution < -0.4 is 11.3 Å². The molecule has 8 heteroatoms. The maximum atomic E-state index is 11.5. The van der Waals surface area contributed by atoms with Gasteiger partial charge >= 0.3 is 5.69 Å². The molecule has 0 aromatic carbocycles. The molecule has 1 aromatic heterocycles. The number of nitro groups is 1. The number of unbranched alkanes of at least 4 members (excludes halogenated alkanes) is 1. The molecule has 94 valence electrons. The van der Waals surface area contributed by atoms with Gasteiger partial charge in [0.15, 0.2) is 5.69 Å². The molecule has 0 saturated heterocycles. The second-order valence-electron chi connectivity index (χ2n) is 3.40. The van der Waals surface area contributed by atoms with Gasteiger partial charge in [0.05, 0.1) is 4.92 Å². The molecule has 0 atom stereocenters. The van der Waals surface area contributed by atoms with Crippen LogP contribution in [0.2, 0.25) is 0 Å². The van der Waals surface area contributed by atoms with Crippen LogP contribution in [0.1, 0.15) is 19.8 Å². The first-order valence-corrected chi connectivity index (χ1v) is 5.15. The number of nitrogens with two attached hydrogens (primary N) is 1. The summed E-state index contributed by atoms with van der Waals surface area (Å²) >= 11 is 0. The fraction of sp³-hybridized carbons (Fsp3) is 0.556. The van der Waals surface area contributed by atoms with Gasteiger partial charge in [0.25, 0.3) is 5.56 Å². The van der Waals surface area contributed by atoms with E-state index in [9.17, 15) is 14.9 Å². The molecule has 0 aliphatic heterocycles. The molecule has 0 spiro atoms. The number of nitrogen functional groups attached to an aromatic ring is 1. The molecule has 0 fully saturated rings. The molecule has 0 amide bonds. The normalized spacial score (nSPS) is 10.4. The lowest BCUT2D eigenvalue weighted by Crippen LogP contribution is -2.27. The largest absolute Gasteiger partial charge is 0.389 e. The molecule has 0 unspecified atom stereocenters. The molecule has 2 N–H and O–H groups in total. The number of anilines is 1. The highest BCUT2D eigenvalue weighted by molar-refractivity contribution is 5.54. The Morgan fingerprint density at radius 2 is 2.35 bits per heavy atom. The maximum absolute atomic E-state index is 11.5. The third-order valence-corrected chi connectivity index (χ3v) is 2.11. The fourth-order valence-corrected chi connectivity index (χ4v) is 1.13. The molecule has 0 bridgehead atoms. The summed E-state index contributed by atoms with van der Waals surface area (Å²) in [6.07, 6.45) is 2.79. The van der Waals surface area contributed by atoms with Crippen LogP contribution in [0, 0.1) is 10.1 Å². The number of nitrogens with zero attached hydrogens (tertiary/aromatic N) is 3. The van der Waals surface area contributed by atoms with Crippen LogP contribution in [0.5, 0.6) is 0 Å². The van der Waals surface area contributed by atoms with Crippen molar-refractivity contribution in [2.45, 2.75) is 26.5 Å². The summed E-state index contributed by atoms with van der Waals surface area (Å²) < 4.78 is 6.13. The molecule has 8 nitrogen and oxygen atoms in total. The van der Waals surface area contributed by atoms with Crippen molar-refractivity contribution in [2.24, 2.45) is 0 Å². The van der Waals surface area contributed by atoms with E-state index >= 15 is 0 Å². The molecule has 0 saturated carbocycles. The molecule has 0 radical (unpaired) electrons. The molecular weight excluding hydrogens is 228 g/mol. The molecule has 0 aliphatic rings. The summed E-state index contributed by atoms with van der Waals surface area (Å²) in [5, 5.41) is 14.1. The number of hydrogen-bond donors (Lipinski definition) is 1. The summed E-state index contributed by atoms with van der Waals surface area (Å²) in [6, 6.07) is 0. The van der Waals surface area contributed by atoms with E-state index in [1.54, 1.807) is 0 Å². The van der Waals surface area contributed by atoms with E-state index in [-0.39, 0.29) is 6.73 Å². The first kappa shape index (κ1) is 13.1. The van der Waals surface area contributed by atoms with Crippen LogP contribution in [-0.2, 0) is 11.5 Å². The summed E-state index contributed by atoms with van der Waals surface area (Å²) in [5.74, 6) is 0. The number of rotatable bonds is 6. The minimum Gasteiger partial charge on any atom is -0.389 e. The van der Waals surface area contributed by atoms with Crippen LogP contribution >= 0.6 is 0 Å². The predicted molar refractivity (Wildman–Crippen MR) is 60.4 cm³/mol. The van der Waals surface area contributed by atoms with Crippen molar-refractivity contribution in [1.29, 1.82) is 0 Å². The summed E-state index contributed by atoms with van der Waals surface area (Å²) in [6.45, 7) is 2.46. The molecule has 1 heterocycles. The Hall–Kier alpha value is -1.96. The van der Waals surface area contributed by atoms with Gasteiger partial charge in [-0.1, -0.05) is 13.3 Å². The van der Waals surface area contributed by atoms with Gasteiger partial charge < -0.3 is 10.5 Å². The minimum absolute atomic E-state index is 0.0545. The van der Waals surface area contributed by atoms with Crippen LogP contribution in [0.4, 0.5) is 11.4 Å². The Bertz CT molecular complexity index is 457. The monoisotopic (exact) mass is 242 g/mol. The van der Waals surface area contributed by atoms with Crippen molar-refractivity contribution >= 4 is 11.4 Å². The highest BCUT2D eigenvalue weighted by Crippen LogP contribution is 2.13. The van der Waals surface area contributed by atoms with Crippen molar-refractivity contribution < 1.29 is 9.66 Å². The smallest absolute Gasteiger partial charge is 0.317 e. The molecule has 0 aliphatic carbocycles. The van der Waals surface area contributed by atoms with Crippen LogP contribution in [0.25, 0.3) is 0 Å². The highest BCUT2D eigenvalue weighted by Gasteiger charge is 2.16. The molecule has 1 rings (SSSR count). The van der Waals surface area contributed by atoms with E-state index in [4.69, 9.17) is 10.5 Å². The standard InChI is InChI=1S/C9H14N4O4/c1-2-3-4-17-6-12-9(14)8(10)7(5-11-12)13(15)16/h5H,2-4,6,10H2,1H3. The van der Waals surface area contributed by atoms with Gasteiger partial charge in [0.2, 0.25) is 0 Å². The van der Waals surface area contributed by atoms with Gasteiger partial charge in [-0.05, 0) is 6.42 Å². The molecular formula is C9H14N4O4. The van der Waals surface area contributed by atoms with Crippen molar-refractivity contribution in [1.82, 2.24) is 9.78 Å². The van der Waals surface area contributed by atoms with E-state index in [1.165, 1.54) is 0 Å². The highest BCUT2D eigenvalue weighted by atomic mass is 16.6. The van der Waals surface area contributed by atoms with Crippen LogP contribution in [-0.4, -0.2) is 21.3 Å². The average Bonchev–Trinajstić information content (AvgIpc) is 2.29. The van der Waals surface area contributed by atoms with E-state index in [0.29, 0.717) is 6.61 Å². The van der Waals surface area contributed by atoms with Gasteiger partial charge in [-0.15, -0.1) is 0 Å². The Labute approximate surface area is 97.1 Å². The van der Waals surface area contributed by atoms with Gasteiger partial charge in [-0.2, -0.15) is 5.10 Å². The van der Waals surface area contributed by atoms with Gasteiger partial charge in [0.1, 0.15) is 12.9 Å². The van der Waals surface area contributed by atoms with Gasteiger partial charge in [-0.25, -0.2) is 4.68 Å². The van der Waals surface area contributed by atoms with Crippen molar-refractivity contribution in [3.8, 4) is 0 Å². The Morgan fingerprint density at radius 1 is 1.65 bits per heavy atom. The lowest BCUT2D eigenvalue weighted by molar-refractivity contribution is -0.384. The van der Waals surface area contributed by atoms with E-state index in [0.717, 1.165) is 23.7 Å². The third kappa shape index (κ3) is 3.25. The summed E-state index contributed by atoms with van der Waals surface area (Å²) in [7, 11) is 0. The van der Waals surface area contributed by atoms with Crippen molar-refractivity contribution in [3.63, 3.8) is 0 Å². The zero-order chi connectivity index (χ0) is 12.8. The first-order valence-electron chi connectivity index (χ1n) is 5.15. The fourth-order valence-electron chi connectivity index (χ4n) is 1.13. The third-order valence-electron chi connectivity index (χ3n) is 2.11. The summed E-state index contributed by atoms with van der Waals surface area (Å²) in [5.41, 5.74) is 3.72. The number of hydrogen-bond acceptors (Lipinski definition) is 6. The van der Waals surface area contributed by atoms with Crippen molar-refractivity contribution in [2.75, 3.05) is 12.3 Å². The Kier molecular flexibility index (Phi) is 4.58. The Balaban J connectivity index is 2.79. The van der Waals surface area contributed by atoms with Crippen LogP contribution in [0.15, 0.2) is 11.0 Å². The zero-order valence-electron chi connectivity index (χ0n) is 9.46. The van der Waals surface area contributed by atoms with Gasteiger partial charge in [0, 0.05) is 6.61 Å². The second-order valence-corrected chi connectivity index (χ2v) is 3.40. The number of aromatic nitrogens is 2. The first-order chi connectivity index (χ1) is 8.07. The maximum Gasteiger partial charge on any atom is 0.317 e. The van der Waals surface area contributed by atoms with E-state index in [1.807, 2.05) is 6.92 Å². The molecule has 17 heavy (non-hydrogen) atoms. The predicted octanol–water partition coefficient (Wildman–Crippen LogP) is 0.508. The second kappa shape index (κ2) is 5.94. The lowest BCUT2D eigenvalue weighted by Gasteiger charge is -2.05. The van der Waals surface area contributed by atoms with Gasteiger partial charge in [-0.3, -0.25) is 14.9 Å². The SMILES string of the molecule is CCCCOCn1ncc([N+](=O)[O-])c(N)c1=O. The lowest BCUT2D eigenvalue weighted by atomic mass is 10.4. The quantitative estimate of drug-likeness (QED) is 0.441. The number of ether oxygens (including phenoxy) is 1. The minimum atomic E-state index is -0.744. The zero-order valence-corrected chi connectivity index (χ0v) is 9.46.